The van der Waals surface area contributed by atoms with Crippen LogP contribution in [-0.4, -0.2) is 15.1 Å². The van der Waals surface area contributed by atoms with E-state index in [-0.39, 0.29) is 0 Å². The third-order valence-electron chi connectivity index (χ3n) is 4.46. The summed E-state index contributed by atoms with van der Waals surface area (Å²) in [7, 11) is 0. The number of benzene rings is 2. The minimum Gasteiger partial charge on any atom is -0.361 e. The van der Waals surface area contributed by atoms with Gasteiger partial charge in [0, 0.05) is 11.1 Å². The molecule has 0 atom stereocenters. The fourth-order valence-electron chi connectivity index (χ4n) is 3.36. The van der Waals surface area contributed by atoms with E-state index in [1.54, 1.807) is 0 Å². The summed E-state index contributed by atoms with van der Waals surface area (Å²) >= 11 is 0. The first-order valence-corrected chi connectivity index (χ1v) is 8.04. The Labute approximate surface area is 140 Å². The van der Waals surface area contributed by atoms with E-state index in [1.165, 1.54) is 11.1 Å². The standard InChI is InChI=1S/C20H19N3O/c1-11-7-5-6-8-16(11)17-9-15(19-12(2)23-24-13(19)3)10-18-20(17)22-14(4)21-18/h5-10H,1-4H3,(H,21,22). The molecular weight excluding hydrogens is 298 g/mol. The minimum absolute atomic E-state index is 0.832. The van der Waals surface area contributed by atoms with Crippen LogP contribution in [0.25, 0.3) is 33.3 Å². The number of hydrogen-bond donors (Lipinski definition) is 1. The summed E-state index contributed by atoms with van der Waals surface area (Å²) in [5.41, 5.74) is 8.64. The lowest BCUT2D eigenvalue weighted by atomic mass is 9.94. The first-order valence-electron chi connectivity index (χ1n) is 8.04. The number of aryl methyl sites for hydroxylation is 4. The molecule has 1 N–H and O–H groups in total. The highest BCUT2D eigenvalue weighted by Crippen LogP contribution is 2.36. The van der Waals surface area contributed by atoms with Gasteiger partial charge in [-0.15, -0.1) is 0 Å². The fraction of sp³-hybridized carbons (Fsp3) is 0.200. The van der Waals surface area contributed by atoms with Gasteiger partial charge in [0.05, 0.1) is 16.7 Å². The molecular formula is C20H19N3O. The molecule has 120 valence electrons. The lowest BCUT2D eigenvalue weighted by Gasteiger charge is -2.10. The van der Waals surface area contributed by atoms with Crippen molar-refractivity contribution in [3.05, 3.63) is 59.2 Å². The summed E-state index contributed by atoms with van der Waals surface area (Å²) in [6.45, 7) is 8.04. The van der Waals surface area contributed by atoms with E-state index < -0.39 is 0 Å². The molecule has 24 heavy (non-hydrogen) atoms. The Bertz CT molecular complexity index is 1040. The molecule has 0 aliphatic heterocycles. The van der Waals surface area contributed by atoms with Crippen LogP contribution in [0.1, 0.15) is 22.8 Å². The molecule has 0 fully saturated rings. The van der Waals surface area contributed by atoms with Gasteiger partial charge in [-0.05, 0) is 56.5 Å². The van der Waals surface area contributed by atoms with E-state index in [1.807, 2.05) is 20.8 Å². The highest BCUT2D eigenvalue weighted by atomic mass is 16.5. The molecule has 2 aromatic carbocycles. The first-order chi connectivity index (χ1) is 11.5. The van der Waals surface area contributed by atoms with Crippen molar-refractivity contribution in [1.82, 2.24) is 15.1 Å². The van der Waals surface area contributed by atoms with Gasteiger partial charge >= 0.3 is 0 Å². The average Bonchev–Trinajstić information content (AvgIpc) is 3.08. The largest absolute Gasteiger partial charge is 0.361 e. The van der Waals surface area contributed by atoms with Crippen LogP contribution in [0, 0.1) is 27.7 Å². The molecule has 0 aliphatic carbocycles. The molecule has 0 saturated heterocycles. The van der Waals surface area contributed by atoms with Gasteiger partial charge in [-0.2, -0.15) is 0 Å². The van der Waals surface area contributed by atoms with Crippen LogP contribution < -0.4 is 0 Å². The molecule has 2 heterocycles. The Hall–Kier alpha value is -2.88. The number of nitrogens with zero attached hydrogens (tertiary/aromatic N) is 2. The summed E-state index contributed by atoms with van der Waals surface area (Å²) in [4.78, 5) is 8.07. The van der Waals surface area contributed by atoms with Gasteiger partial charge in [0.15, 0.2) is 0 Å². The predicted molar refractivity (Wildman–Crippen MR) is 96.0 cm³/mol. The zero-order valence-corrected chi connectivity index (χ0v) is 14.3. The number of aromatic nitrogens is 3. The van der Waals surface area contributed by atoms with Crippen LogP contribution in [0.5, 0.6) is 0 Å². The van der Waals surface area contributed by atoms with Crippen molar-refractivity contribution in [3.63, 3.8) is 0 Å². The summed E-state index contributed by atoms with van der Waals surface area (Å²) < 4.78 is 5.36. The summed E-state index contributed by atoms with van der Waals surface area (Å²) in [5.74, 6) is 1.74. The third-order valence-corrected chi connectivity index (χ3v) is 4.46. The van der Waals surface area contributed by atoms with Crippen molar-refractivity contribution in [3.8, 4) is 22.3 Å². The zero-order chi connectivity index (χ0) is 16.8. The summed E-state index contributed by atoms with van der Waals surface area (Å²) in [5, 5.41) is 4.10. The van der Waals surface area contributed by atoms with E-state index in [0.717, 1.165) is 45.0 Å². The van der Waals surface area contributed by atoms with E-state index in [4.69, 9.17) is 9.51 Å². The molecule has 0 unspecified atom stereocenters. The maximum absolute atomic E-state index is 5.36. The van der Waals surface area contributed by atoms with Gasteiger partial charge in [-0.25, -0.2) is 4.98 Å². The Balaban J connectivity index is 2.07. The van der Waals surface area contributed by atoms with Gasteiger partial charge in [-0.3, -0.25) is 0 Å². The molecule has 4 nitrogen and oxygen atoms in total. The molecule has 0 amide bonds. The molecule has 2 aromatic heterocycles. The number of imidazole rings is 1. The molecule has 4 heteroatoms. The Morgan fingerprint density at radius 2 is 1.75 bits per heavy atom. The fourth-order valence-corrected chi connectivity index (χ4v) is 3.36. The van der Waals surface area contributed by atoms with Crippen LogP contribution >= 0.6 is 0 Å². The van der Waals surface area contributed by atoms with E-state index in [0.29, 0.717) is 0 Å². The Kier molecular flexibility index (Phi) is 3.27. The van der Waals surface area contributed by atoms with E-state index >= 15 is 0 Å². The van der Waals surface area contributed by atoms with Gasteiger partial charge in [0.2, 0.25) is 0 Å². The second-order valence-electron chi connectivity index (χ2n) is 6.26. The molecule has 0 aliphatic rings. The summed E-state index contributed by atoms with van der Waals surface area (Å²) in [6, 6.07) is 12.7. The number of aromatic amines is 1. The van der Waals surface area contributed by atoms with Crippen molar-refractivity contribution in [2.75, 3.05) is 0 Å². The molecule has 0 bridgehead atoms. The van der Waals surface area contributed by atoms with Gasteiger partial charge < -0.3 is 9.51 Å². The van der Waals surface area contributed by atoms with Crippen LogP contribution in [0.4, 0.5) is 0 Å². The molecule has 4 aromatic rings. The van der Waals surface area contributed by atoms with Gasteiger partial charge in [0.1, 0.15) is 11.6 Å². The van der Waals surface area contributed by atoms with Crippen LogP contribution in [0.15, 0.2) is 40.9 Å². The minimum atomic E-state index is 0.832. The number of hydrogen-bond acceptors (Lipinski definition) is 3. The maximum Gasteiger partial charge on any atom is 0.141 e. The predicted octanol–water partition coefficient (Wildman–Crippen LogP) is 5.12. The Morgan fingerprint density at radius 3 is 2.46 bits per heavy atom. The highest BCUT2D eigenvalue weighted by Gasteiger charge is 2.17. The van der Waals surface area contributed by atoms with Gasteiger partial charge in [-0.1, -0.05) is 29.4 Å². The second-order valence-corrected chi connectivity index (χ2v) is 6.26. The summed E-state index contributed by atoms with van der Waals surface area (Å²) in [6.07, 6.45) is 0. The second kappa shape index (κ2) is 5.34. The molecule has 4 rings (SSSR count). The average molecular weight is 317 g/mol. The normalized spacial score (nSPS) is 11.3. The van der Waals surface area contributed by atoms with Crippen molar-refractivity contribution in [1.29, 1.82) is 0 Å². The highest BCUT2D eigenvalue weighted by molar-refractivity contribution is 5.97. The van der Waals surface area contributed by atoms with E-state index in [9.17, 15) is 0 Å². The maximum atomic E-state index is 5.36. The third kappa shape index (κ3) is 2.22. The van der Waals surface area contributed by atoms with Crippen LogP contribution in [-0.2, 0) is 0 Å². The van der Waals surface area contributed by atoms with Crippen molar-refractivity contribution >= 4 is 11.0 Å². The molecule has 0 spiro atoms. The first kappa shape index (κ1) is 14.7. The Morgan fingerprint density at radius 1 is 0.958 bits per heavy atom. The lowest BCUT2D eigenvalue weighted by molar-refractivity contribution is 0.393. The van der Waals surface area contributed by atoms with Crippen LogP contribution in [0.2, 0.25) is 0 Å². The quantitative estimate of drug-likeness (QED) is 0.558. The number of rotatable bonds is 2. The van der Waals surface area contributed by atoms with Crippen LogP contribution in [0.3, 0.4) is 0 Å². The van der Waals surface area contributed by atoms with Gasteiger partial charge in [0.25, 0.3) is 0 Å². The van der Waals surface area contributed by atoms with Crippen molar-refractivity contribution in [2.45, 2.75) is 27.7 Å². The number of H-pyrrole nitrogens is 1. The zero-order valence-electron chi connectivity index (χ0n) is 14.3. The SMILES string of the molecule is Cc1nc2c(-c3ccccc3C)cc(-c3c(C)noc3C)cc2[nH]1. The number of nitrogens with one attached hydrogen (secondary N) is 1. The molecule has 0 radical (unpaired) electrons. The monoisotopic (exact) mass is 317 g/mol. The lowest BCUT2D eigenvalue weighted by Crippen LogP contribution is -1.89. The van der Waals surface area contributed by atoms with Crippen molar-refractivity contribution < 1.29 is 4.52 Å². The topological polar surface area (TPSA) is 54.7 Å². The smallest absolute Gasteiger partial charge is 0.141 e. The van der Waals surface area contributed by atoms with E-state index in [2.05, 4.69) is 53.5 Å². The number of fused-ring (bicyclic) bond motifs is 1. The molecule has 0 saturated carbocycles. The van der Waals surface area contributed by atoms with Crippen molar-refractivity contribution in [2.24, 2.45) is 0 Å².